The molecule has 1 aliphatic rings. The Labute approximate surface area is 171 Å². The summed E-state index contributed by atoms with van der Waals surface area (Å²) in [5.74, 6) is 1.12. The standard InChI is InChI=1S/C23H25NO3.ClH/c25-20-11-9-16-8-10-19(12-18(16)13-20)24-14-21(26)15-27-23-7-3-5-17-4-1-2-6-22(17)23;/h1-7,9,11,13,19,21,24-26H,8,10,12,14-15H2;1H. The summed E-state index contributed by atoms with van der Waals surface area (Å²) >= 11 is 0. The highest BCUT2D eigenvalue weighted by Crippen LogP contribution is 2.26. The van der Waals surface area contributed by atoms with Crippen LogP contribution in [0.1, 0.15) is 17.5 Å². The molecular formula is C23H26ClNO3. The Morgan fingerprint density at radius 2 is 1.86 bits per heavy atom. The van der Waals surface area contributed by atoms with Gasteiger partial charge in [-0.2, -0.15) is 0 Å². The van der Waals surface area contributed by atoms with Crippen LogP contribution in [-0.4, -0.2) is 35.5 Å². The number of phenols is 1. The smallest absolute Gasteiger partial charge is 0.127 e. The highest BCUT2D eigenvalue weighted by Gasteiger charge is 2.19. The van der Waals surface area contributed by atoms with Crippen molar-refractivity contribution in [3.8, 4) is 11.5 Å². The number of phenolic OH excluding ortho intramolecular Hbond substituents is 1. The molecule has 0 saturated heterocycles. The van der Waals surface area contributed by atoms with Gasteiger partial charge in [-0.15, -0.1) is 12.4 Å². The normalized spacial score (nSPS) is 16.8. The predicted octanol–water partition coefficient (Wildman–Crippen LogP) is 3.85. The molecule has 3 N–H and O–H groups in total. The third kappa shape index (κ3) is 4.76. The average molecular weight is 400 g/mol. The number of aryl methyl sites for hydroxylation is 1. The Balaban J connectivity index is 0.00000225. The van der Waals surface area contributed by atoms with E-state index in [-0.39, 0.29) is 19.0 Å². The van der Waals surface area contributed by atoms with Gasteiger partial charge in [-0.3, -0.25) is 0 Å². The van der Waals surface area contributed by atoms with Gasteiger partial charge in [0.25, 0.3) is 0 Å². The number of benzene rings is 3. The Kier molecular flexibility index (Phi) is 6.79. The maximum atomic E-state index is 10.3. The van der Waals surface area contributed by atoms with Gasteiger partial charge in [-0.05, 0) is 54.0 Å². The van der Waals surface area contributed by atoms with Crippen LogP contribution in [0.3, 0.4) is 0 Å². The molecule has 2 unspecified atom stereocenters. The molecule has 0 amide bonds. The lowest BCUT2D eigenvalue weighted by Gasteiger charge is -2.26. The topological polar surface area (TPSA) is 61.7 Å². The second-order valence-electron chi connectivity index (χ2n) is 7.24. The second kappa shape index (κ2) is 9.28. The number of hydrogen-bond acceptors (Lipinski definition) is 4. The molecule has 0 spiro atoms. The quantitative estimate of drug-likeness (QED) is 0.589. The number of ether oxygens (including phenoxy) is 1. The summed E-state index contributed by atoms with van der Waals surface area (Å²) in [7, 11) is 0. The number of hydrogen-bond donors (Lipinski definition) is 3. The first-order chi connectivity index (χ1) is 13.2. The zero-order valence-corrected chi connectivity index (χ0v) is 16.5. The van der Waals surface area contributed by atoms with Crippen LogP contribution in [0, 0.1) is 0 Å². The summed E-state index contributed by atoms with van der Waals surface area (Å²) in [6, 6.07) is 20.0. The largest absolute Gasteiger partial charge is 0.508 e. The van der Waals surface area contributed by atoms with Crippen LogP contribution in [0.2, 0.25) is 0 Å². The highest BCUT2D eigenvalue weighted by atomic mass is 35.5. The van der Waals surface area contributed by atoms with Gasteiger partial charge in [-0.1, -0.05) is 42.5 Å². The van der Waals surface area contributed by atoms with Gasteiger partial charge in [0, 0.05) is 18.0 Å². The number of aromatic hydroxyl groups is 1. The molecule has 148 valence electrons. The van der Waals surface area contributed by atoms with E-state index in [2.05, 4.69) is 17.4 Å². The van der Waals surface area contributed by atoms with E-state index in [0.717, 1.165) is 35.8 Å². The lowest BCUT2D eigenvalue weighted by Crippen LogP contribution is -2.40. The summed E-state index contributed by atoms with van der Waals surface area (Å²) < 4.78 is 5.87. The molecule has 3 aromatic rings. The molecular weight excluding hydrogens is 374 g/mol. The molecule has 0 fully saturated rings. The molecule has 5 heteroatoms. The summed E-state index contributed by atoms with van der Waals surface area (Å²) in [6.07, 6.45) is 2.33. The van der Waals surface area contributed by atoms with Crippen LogP contribution in [0.5, 0.6) is 11.5 Å². The minimum absolute atomic E-state index is 0. The van der Waals surface area contributed by atoms with Gasteiger partial charge in [0.2, 0.25) is 0 Å². The SMILES string of the molecule is Cl.Oc1ccc2c(c1)CC(NCC(O)COc1cccc3ccccc13)CC2. The molecule has 0 heterocycles. The van der Waals surface area contributed by atoms with Gasteiger partial charge in [0.15, 0.2) is 0 Å². The fourth-order valence-corrected chi connectivity index (χ4v) is 3.79. The van der Waals surface area contributed by atoms with E-state index < -0.39 is 6.10 Å². The van der Waals surface area contributed by atoms with E-state index in [1.165, 1.54) is 11.1 Å². The van der Waals surface area contributed by atoms with E-state index >= 15 is 0 Å². The molecule has 3 aromatic carbocycles. The summed E-state index contributed by atoms with van der Waals surface area (Å²) in [4.78, 5) is 0. The van der Waals surface area contributed by atoms with Crippen molar-refractivity contribution < 1.29 is 14.9 Å². The lowest BCUT2D eigenvalue weighted by molar-refractivity contribution is 0.104. The summed E-state index contributed by atoms with van der Waals surface area (Å²) in [5, 5.41) is 25.6. The minimum Gasteiger partial charge on any atom is -0.508 e. The average Bonchev–Trinajstić information content (AvgIpc) is 2.70. The van der Waals surface area contributed by atoms with Crippen molar-refractivity contribution in [2.45, 2.75) is 31.4 Å². The van der Waals surface area contributed by atoms with E-state index in [4.69, 9.17) is 4.74 Å². The van der Waals surface area contributed by atoms with Gasteiger partial charge >= 0.3 is 0 Å². The van der Waals surface area contributed by atoms with Crippen molar-refractivity contribution in [1.29, 1.82) is 0 Å². The third-order valence-corrected chi connectivity index (χ3v) is 5.24. The Morgan fingerprint density at radius 3 is 2.75 bits per heavy atom. The first kappa shape index (κ1) is 20.5. The molecule has 1 aliphatic carbocycles. The number of nitrogens with one attached hydrogen (secondary N) is 1. The first-order valence-electron chi connectivity index (χ1n) is 9.52. The Hall–Kier alpha value is -2.27. The predicted molar refractivity (Wildman–Crippen MR) is 115 cm³/mol. The molecule has 0 radical (unpaired) electrons. The molecule has 0 bridgehead atoms. The second-order valence-corrected chi connectivity index (χ2v) is 7.24. The van der Waals surface area contributed by atoms with E-state index in [1.807, 2.05) is 42.5 Å². The summed E-state index contributed by atoms with van der Waals surface area (Å²) in [6.45, 7) is 0.745. The number of halogens is 1. The first-order valence-corrected chi connectivity index (χ1v) is 9.52. The van der Waals surface area contributed by atoms with Crippen LogP contribution in [0.15, 0.2) is 60.7 Å². The zero-order valence-electron chi connectivity index (χ0n) is 15.7. The Bertz CT molecular complexity index is 925. The van der Waals surface area contributed by atoms with Crippen LogP contribution in [0.4, 0.5) is 0 Å². The maximum Gasteiger partial charge on any atom is 0.127 e. The van der Waals surface area contributed by atoms with Gasteiger partial charge in [-0.25, -0.2) is 0 Å². The molecule has 0 aromatic heterocycles. The van der Waals surface area contributed by atoms with Crippen molar-refractivity contribution in [3.63, 3.8) is 0 Å². The van der Waals surface area contributed by atoms with Crippen molar-refractivity contribution in [2.24, 2.45) is 0 Å². The van der Waals surface area contributed by atoms with E-state index in [1.54, 1.807) is 6.07 Å². The monoisotopic (exact) mass is 399 g/mol. The van der Waals surface area contributed by atoms with Crippen LogP contribution in [0.25, 0.3) is 10.8 Å². The van der Waals surface area contributed by atoms with Crippen LogP contribution >= 0.6 is 12.4 Å². The van der Waals surface area contributed by atoms with Crippen molar-refractivity contribution >= 4 is 23.2 Å². The molecule has 0 aliphatic heterocycles. The number of aliphatic hydroxyl groups is 1. The fraction of sp³-hybridized carbons (Fsp3) is 0.304. The van der Waals surface area contributed by atoms with Crippen molar-refractivity contribution in [3.05, 3.63) is 71.8 Å². The molecule has 4 nitrogen and oxygen atoms in total. The van der Waals surface area contributed by atoms with Crippen molar-refractivity contribution in [2.75, 3.05) is 13.2 Å². The highest BCUT2D eigenvalue weighted by molar-refractivity contribution is 5.88. The Morgan fingerprint density at radius 1 is 1.04 bits per heavy atom. The van der Waals surface area contributed by atoms with E-state index in [0.29, 0.717) is 18.3 Å². The fourth-order valence-electron chi connectivity index (χ4n) is 3.79. The number of aliphatic hydroxyl groups excluding tert-OH is 1. The van der Waals surface area contributed by atoms with E-state index in [9.17, 15) is 10.2 Å². The van der Waals surface area contributed by atoms with Crippen LogP contribution < -0.4 is 10.1 Å². The number of fused-ring (bicyclic) bond motifs is 2. The van der Waals surface area contributed by atoms with Crippen molar-refractivity contribution in [1.82, 2.24) is 5.32 Å². The summed E-state index contributed by atoms with van der Waals surface area (Å²) in [5.41, 5.74) is 2.51. The molecule has 28 heavy (non-hydrogen) atoms. The minimum atomic E-state index is -0.574. The van der Waals surface area contributed by atoms with Gasteiger partial charge in [0.05, 0.1) is 0 Å². The zero-order chi connectivity index (χ0) is 18.6. The maximum absolute atomic E-state index is 10.3. The van der Waals surface area contributed by atoms with Gasteiger partial charge < -0.3 is 20.3 Å². The number of rotatable bonds is 6. The van der Waals surface area contributed by atoms with Gasteiger partial charge in [0.1, 0.15) is 24.2 Å². The molecule has 2 atom stereocenters. The molecule has 0 saturated carbocycles. The van der Waals surface area contributed by atoms with Crippen LogP contribution in [-0.2, 0) is 12.8 Å². The third-order valence-electron chi connectivity index (χ3n) is 5.24. The molecule has 4 rings (SSSR count). The lowest BCUT2D eigenvalue weighted by atomic mass is 9.88.